The van der Waals surface area contributed by atoms with Crippen LogP contribution in [0.4, 0.5) is 10.7 Å². The summed E-state index contributed by atoms with van der Waals surface area (Å²) in [5, 5.41) is 4.74. The second-order valence-electron chi connectivity index (χ2n) is 5.19. The molecule has 0 saturated carbocycles. The number of hydrogen-bond donors (Lipinski definition) is 2. The van der Waals surface area contributed by atoms with E-state index in [1.54, 1.807) is 24.3 Å². The molecule has 21 heavy (non-hydrogen) atoms. The number of nitrogens with two attached hydrogens (primary N) is 1. The standard InChI is InChI=1S/C15H19N3OS.ClH/c1-9(2)7-13-15(20-10(3)17-13)18-14(19)11-5-4-6-12(16)8-11;/h4-6,8-9H,7,16H2,1-3H3,(H,18,19);1H. The largest absolute Gasteiger partial charge is 0.399 e. The van der Waals surface area contributed by atoms with Crippen LogP contribution in [0.25, 0.3) is 0 Å². The van der Waals surface area contributed by atoms with Gasteiger partial charge in [-0.2, -0.15) is 0 Å². The van der Waals surface area contributed by atoms with Crippen LogP contribution in [0.2, 0.25) is 0 Å². The summed E-state index contributed by atoms with van der Waals surface area (Å²) in [5.41, 5.74) is 7.80. The molecule has 0 fully saturated rings. The summed E-state index contributed by atoms with van der Waals surface area (Å²) in [4.78, 5) is 16.7. The maximum atomic E-state index is 12.2. The molecule has 0 saturated heterocycles. The van der Waals surface area contributed by atoms with Gasteiger partial charge < -0.3 is 11.1 Å². The lowest BCUT2D eigenvalue weighted by Gasteiger charge is -2.07. The van der Waals surface area contributed by atoms with E-state index in [1.807, 2.05) is 6.92 Å². The maximum Gasteiger partial charge on any atom is 0.256 e. The average molecular weight is 326 g/mol. The molecule has 0 unspecified atom stereocenters. The fourth-order valence-corrected chi connectivity index (χ4v) is 2.79. The molecule has 2 rings (SSSR count). The van der Waals surface area contributed by atoms with E-state index in [1.165, 1.54) is 11.3 Å². The number of nitrogens with zero attached hydrogens (tertiary/aromatic N) is 1. The zero-order valence-corrected chi connectivity index (χ0v) is 14.0. The van der Waals surface area contributed by atoms with Crippen molar-refractivity contribution < 1.29 is 4.79 Å². The van der Waals surface area contributed by atoms with Gasteiger partial charge in [0.25, 0.3) is 5.91 Å². The molecule has 0 aliphatic rings. The predicted octanol–water partition coefficient (Wildman–Crippen LogP) is 3.91. The molecule has 1 aromatic carbocycles. The summed E-state index contributed by atoms with van der Waals surface area (Å²) < 4.78 is 0. The van der Waals surface area contributed by atoms with Crippen molar-refractivity contribution >= 4 is 40.3 Å². The Labute approximate surface area is 135 Å². The summed E-state index contributed by atoms with van der Waals surface area (Å²) in [6.07, 6.45) is 0.858. The Morgan fingerprint density at radius 2 is 2.14 bits per heavy atom. The Balaban J connectivity index is 0.00000220. The van der Waals surface area contributed by atoms with Gasteiger partial charge in [0.2, 0.25) is 0 Å². The van der Waals surface area contributed by atoms with Gasteiger partial charge in [-0.1, -0.05) is 19.9 Å². The van der Waals surface area contributed by atoms with E-state index >= 15 is 0 Å². The molecule has 4 nitrogen and oxygen atoms in total. The van der Waals surface area contributed by atoms with Gasteiger partial charge in [0.15, 0.2) is 0 Å². The summed E-state index contributed by atoms with van der Waals surface area (Å²) >= 11 is 1.51. The normalized spacial score (nSPS) is 10.3. The maximum absolute atomic E-state index is 12.2. The second kappa shape index (κ2) is 7.43. The number of aromatic nitrogens is 1. The van der Waals surface area contributed by atoms with E-state index in [4.69, 9.17) is 5.73 Å². The summed E-state index contributed by atoms with van der Waals surface area (Å²) in [7, 11) is 0. The third kappa shape index (κ3) is 4.72. The van der Waals surface area contributed by atoms with Crippen molar-refractivity contribution in [3.8, 4) is 0 Å². The minimum absolute atomic E-state index is 0. The van der Waals surface area contributed by atoms with Gasteiger partial charge in [0.1, 0.15) is 5.00 Å². The predicted molar refractivity (Wildman–Crippen MR) is 91.4 cm³/mol. The summed E-state index contributed by atoms with van der Waals surface area (Å²) in [6.45, 7) is 6.22. The van der Waals surface area contributed by atoms with Crippen LogP contribution >= 0.6 is 23.7 Å². The van der Waals surface area contributed by atoms with E-state index in [-0.39, 0.29) is 18.3 Å². The minimum Gasteiger partial charge on any atom is -0.399 e. The van der Waals surface area contributed by atoms with Crippen molar-refractivity contribution in [3.63, 3.8) is 0 Å². The second-order valence-corrected chi connectivity index (χ2v) is 6.39. The molecule has 0 radical (unpaired) electrons. The fraction of sp³-hybridized carbons (Fsp3) is 0.333. The van der Waals surface area contributed by atoms with E-state index in [0.717, 1.165) is 22.1 Å². The SMILES string of the molecule is Cc1nc(CC(C)C)c(NC(=O)c2cccc(N)c2)s1.Cl. The van der Waals surface area contributed by atoms with Crippen LogP contribution in [-0.4, -0.2) is 10.9 Å². The fourth-order valence-electron chi connectivity index (χ4n) is 1.95. The number of rotatable bonds is 4. The molecule has 1 amide bonds. The highest BCUT2D eigenvalue weighted by Crippen LogP contribution is 2.27. The number of aryl methyl sites for hydroxylation is 1. The van der Waals surface area contributed by atoms with E-state index in [0.29, 0.717) is 17.2 Å². The van der Waals surface area contributed by atoms with Crippen molar-refractivity contribution in [2.75, 3.05) is 11.1 Å². The number of nitrogen functional groups attached to an aromatic ring is 1. The lowest BCUT2D eigenvalue weighted by Crippen LogP contribution is -2.13. The van der Waals surface area contributed by atoms with Crippen LogP contribution < -0.4 is 11.1 Å². The number of hydrogen-bond acceptors (Lipinski definition) is 4. The van der Waals surface area contributed by atoms with Crippen LogP contribution in [0, 0.1) is 12.8 Å². The highest BCUT2D eigenvalue weighted by atomic mass is 35.5. The van der Waals surface area contributed by atoms with Crippen molar-refractivity contribution in [3.05, 3.63) is 40.5 Å². The molecule has 114 valence electrons. The summed E-state index contributed by atoms with van der Waals surface area (Å²) in [5.74, 6) is 0.352. The quantitative estimate of drug-likeness (QED) is 0.837. The first-order chi connectivity index (χ1) is 9.45. The van der Waals surface area contributed by atoms with Crippen molar-refractivity contribution in [1.82, 2.24) is 4.98 Å². The van der Waals surface area contributed by atoms with Crippen LogP contribution in [0.3, 0.4) is 0 Å². The van der Waals surface area contributed by atoms with Crippen LogP contribution in [-0.2, 0) is 6.42 Å². The third-order valence-electron chi connectivity index (χ3n) is 2.78. The van der Waals surface area contributed by atoms with Crippen molar-refractivity contribution in [2.24, 2.45) is 5.92 Å². The highest BCUT2D eigenvalue weighted by molar-refractivity contribution is 7.16. The third-order valence-corrected chi connectivity index (χ3v) is 3.71. The molecule has 1 aromatic heterocycles. The molecular weight excluding hydrogens is 306 g/mol. The van der Waals surface area contributed by atoms with E-state index in [9.17, 15) is 4.79 Å². The highest BCUT2D eigenvalue weighted by Gasteiger charge is 2.14. The first kappa shape index (κ1) is 17.5. The monoisotopic (exact) mass is 325 g/mol. The van der Waals surface area contributed by atoms with Gasteiger partial charge in [0.05, 0.1) is 10.7 Å². The Hall–Kier alpha value is -1.59. The van der Waals surface area contributed by atoms with Gasteiger partial charge in [0, 0.05) is 11.3 Å². The first-order valence-electron chi connectivity index (χ1n) is 6.59. The smallest absolute Gasteiger partial charge is 0.256 e. The van der Waals surface area contributed by atoms with Crippen LogP contribution in [0.5, 0.6) is 0 Å². The molecule has 3 N–H and O–H groups in total. The number of carbonyl (C=O) groups excluding carboxylic acids is 1. The number of halogens is 1. The van der Waals surface area contributed by atoms with Gasteiger partial charge >= 0.3 is 0 Å². The minimum atomic E-state index is -0.147. The van der Waals surface area contributed by atoms with E-state index < -0.39 is 0 Å². The van der Waals surface area contributed by atoms with Gasteiger partial charge in [-0.05, 0) is 37.5 Å². The van der Waals surface area contributed by atoms with Gasteiger partial charge in [-0.15, -0.1) is 23.7 Å². The van der Waals surface area contributed by atoms with Crippen LogP contribution in [0.15, 0.2) is 24.3 Å². The Morgan fingerprint density at radius 3 is 2.76 bits per heavy atom. The molecule has 0 bridgehead atoms. The number of benzene rings is 1. The first-order valence-corrected chi connectivity index (χ1v) is 7.40. The zero-order chi connectivity index (χ0) is 14.7. The number of amides is 1. The average Bonchev–Trinajstić information content (AvgIpc) is 2.68. The Bertz CT molecular complexity index is 625. The Kier molecular flexibility index (Phi) is 6.18. The number of nitrogens with one attached hydrogen (secondary N) is 1. The number of carbonyl (C=O) groups is 1. The van der Waals surface area contributed by atoms with Gasteiger partial charge in [-0.3, -0.25) is 4.79 Å². The van der Waals surface area contributed by atoms with E-state index in [2.05, 4.69) is 24.1 Å². The number of thiazole rings is 1. The van der Waals surface area contributed by atoms with Gasteiger partial charge in [-0.25, -0.2) is 4.98 Å². The lowest BCUT2D eigenvalue weighted by molar-refractivity contribution is 0.102. The molecule has 0 spiro atoms. The zero-order valence-electron chi connectivity index (χ0n) is 12.3. The summed E-state index contributed by atoms with van der Waals surface area (Å²) in [6, 6.07) is 6.96. The van der Waals surface area contributed by atoms with Crippen molar-refractivity contribution in [1.29, 1.82) is 0 Å². The molecule has 0 aliphatic carbocycles. The topological polar surface area (TPSA) is 68.0 Å². The molecule has 0 aliphatic heterocycles. The molecule has 2 aromatic rings. The molecule has 0 atom stereocenters. The lowest BCUT2D eigenvalue weighted by atomic mass is 10.1. The molecular formula is C15H20ClN3OS. The molecule has 6 heteroatoms. The van der Waals surface area contributed by atoms with Crippen molar-refractivity contribution in [2.45, 2.75) is 27.2 Å². The number of anilines is 2. The molecule has 1 heterocycles. The Morgan fingerprint density at radius 1 is 1.43 bits per heavy atom. The van der Waals surface area contributed by atoms with Crippen LogP contribution in [0.1, 0.15) is 34.9 Å².